The second-order valence-electron chi connectivity index (χ2n) is 8.14. The van der Waals surface area contributed by atoms with Crippen LogP contribution in [-0.4, -0.2) is 65.4 Å². The number of benzene rings is 2. The van der Waals surface area contributed by atoms with Crippen molar-refractivity contribution >= 4 is 16.9 Å². The summed E-state index contributed by atoms with van der Waals surface area (Å²) in [5, 5.41) is 19.6. The SMILES string of the molecule is N#CCOc1ccc2[nH]cc([C@@H](C(=O)O)N3CCN(Cc4ccc5c(c4)OCO5)CC3)c2c1. The highest BCUT2D eigenvalue weighted by Crippen LogP contribution is 2.34. The van der Waals surface area contributed by atoms with E-state index >= 15 is 0 Å². The van der Waals surface area contributed by atoms with Gasteiger partial charge in [0.25, 0.3) is 0 Å². The van der Waals surface area contributed by atoms with Crippen LogP contribution in [0.1, 0.15) is 17.2 Å². The number of aromatic amines is 1. The molecule has 2 N–H and O–H groups in total. The van der Waals surface area contributed by atoms with Crippen molar-refractivity contribution in [2.24, 2.45) is 0 Å². The van der Waals surface area contributed by atoms with Gasteiger partial charge in [-0.3, -0.25) is 14.6 Å². The van der Waals surface area contributed by atoms with Crippen molar-refractivity contribution in [3.63, 3.8) is 0 Å². The van der Waals surface area contributed by atoms with Gasteiger partial charge in [0, 0.05) is 55.4 Å². The third kappa shape index (κ3) is 4.31. The second kappa shape index (κ2) is 9.02. The van der Waals surface area contributed by atoms with E-state index in [0.717, 1.165) is 47.6 Å². The summed E-state index contributed by atoms with van der Waals surface area (Å²) in [6.45, 7) is 3.77. The lowest BCUT2D eigenvalue weighted by Crippen LogP contribution is -2.48. The molecule has 0 aliphatic carbocycles. The molecule has 1 saturated heterocycles. The van der Waals surface area contributed by atoms with Crippen LogP contribution in [-0.2, 0) is 11.3 Å². The summed E-state index contributed by atoms with van der Waals surface area (Å²) in [6.07, 6.45) is 1.76. The van der Waals surface area contributed by atoms with Crippen molar-refractivity contribution in [2.75, 3.05) is 39.6 Å². The van der Waals surface area contributed by atoms with Gasteiger partial charge in [0.1, 0.15) is 17.9 Å². The molecule has 0 unspecified atom stereocenters. The lowest BCUT2D eigenvalue weighted by Gasteiger charge is -2.37. The molecule has 0 amide bonds. The zero-order valence-electron chi connectivity index (χ0n) is 18.0. The molecule has 1 atom stereocenters. The van der Waals surface area contributed by atoms with E-state index in [1.165, 1.54) is 0 Å². The van der Waals surface area contributed by atoms with Crippen molar-refractivity contribution < 1.29 is 24.1 Å². The molecule has 0 radical (unpaired) electrons. The van der Waals surface area contributed by atoms with Gasteiger partial charge in [-0.05, 0) is 35.9 Å². The van der Waals surface area contributed by atoms with Crippen molar-refractivity contribution in [1.29, 1.82) is 5.26 Å². The van der Waals surface area contributed by atoms with Gasteiger partial charge in [-0.15, -0.1) is 0 Å². The number of piperazine rings is 1. The number of ether oxygens (including phenoxy) is 3. The van der Waals surface area contributed by atoms with E-state index in [9.17, 15) is 9.90 Å². The van der Waals surface area contributed by atoms with Crippen molar-refractivity contribution in [1.82, 2.24) is 14.8 Å². The summed E-state index contributed by atoms with van der Waals surface area (Å²) in [7, 11) is 0. The largest absolute Gasteiger partial charge is 0.480 e. The maximum atomic E-state index is 12.3. The van der Waals surface area contributed by atoms with Gasteiger partial charge < -0.3 is 24.3 Å². The first-order chi connectivity index (χ1) is 16.1. The summed E-state index contributed by atoms with van der Waals surface area (Å²) in [5.74, 6) is 1.20. The van der Waals surface area contributed by atoms with E-state index in [2.05, 4.69) is 9.88 Å². The Bertz CT molecular complexity index is 1210. The van der Waals surface area contributed by atoms with Crippen LogP contribution in [0.25, 0.3) is 10.9 Å². The number of rotatable bonds is 7. The maximum absolute atomic E-state index is 12.3. The Morgan fingerprint density at radius 3 is 2.76 bits per heavy atom. The standard InChI is InChI=1S/C24H24N4O5/c25-5-10-31-17-2-3-20-18(12-17)19(13-26-20)23(24(29)30)28-8-6-27(7-9-28)14-16-1-4-21-22(11-16)33-15-32-21/h1-4,11-13,23,26H,6-10,14-15H2,(H,29,30)/t23-/m0/s1. The average Bonchev–Trinajstić information content (AvgIpc) is 3.45. The number of aromatic nitrogens is 1. The molecule has 0 spiro atoms. The van der Waals surface area contributed by atoms with Crippen LogP contribution in [0.4, 0.5) is 0 Å². The zero-order valence-corrected chi connectivity index (χ0v) is 18.0. The van der Waals surface area contributed by atoms with Gasteiger partial charge in [0.15, 0.2) is 18.1 Å². The average molecular weight is 448 g/mol. The summed E-state index contributed by atoms with van der Waals surface area (Å²) >= 11 is 0. The molecule has 0 saturated carbocycles. The van der Waals surface area contributed by atoms with Crippen molar-refractivity contribution in [2.45, 2.75) is 12.6 Å². The fourth-order valence-corrected chi connectivity index (χ4v) is 4.52. The monoisotopic (exact) mass is 448 g/mol. The van der Waals surface area contributed by atoms with Crippen LogP contribution in [0.15, 0.2) is 42.6 Å². The first-order valence-corrected chi connectivity index (χ1v) is 10.8. The lowest BCUT2D eigenvalue weighted by atomic mass is 10.0. The number of nitriles is 1. The number of hydrogen-bond acceptors (Lipinski definition) is 7. The number of nitrogens with zero attached hydrogens (tertiary/aromatic N) is 3. The van der Waals surface area contributed by atoms with E-state index in [0.29, 0.717) is 24.4 Å². The molecule has 2 aliphatic heterocycles. The molecular formula is C24H24N4O5. The Labute approximate surface area is 190 Å². The zero-order chi connectivity index (χ0) is 22.8. The number of carboxylic acid groups (broad SMARTS) is 1. The normalized spacial score (nSPS) is 17.1. The minimum atomic E-state index is -0.886. The number of carboxylic acids is 1. The fourth-order valence-electron chi connectivity index (χ4n) is 4.52. The smallest absolute Gasteiger partial charge is 0.325 e. The molecule has 9 heteroatoms. The second-order valence-corrected chi connectivity index (χ2v) is 8.14. The first-order valence-electron chi connectivity index (χ1n) is 10.8. The van der Waals surface area contributed by atoms with Crippen LogP contribution in [0.2, 0.25) is 0 Å². The number of fused-ring (bicyclic) bond motifs is 2. The Hall–Kier alpha value is -3.74. The predicted octanol–water partition coefficient (Wildman–Crippen LogP) is 2.74. The molecule has 9 nitrogen and oxygen atoms in total. The van der Waals surface area contributed by atoms with Gasteiger partial charge >= 0.3 is 5.97 Å². The number of H-pyrrole nitrogens is 1. The highest BCUT2D eigenvalue weighted by atomic mass is 16.7. The Kier molecular flexibility index (Phi) is 5.77. The predicted molar refractivity (Wildman–Crippen MR) is 119 cm³/mol. The highest BCUT2D eigenvalue weighted by molar-refractivity contribution is 5.90. The van der Waals surface area contributed by atoms with Crippen LogP contribution >= 0.6 is 0 Å². The third-order valence-electron chi connectivity index (χ3n) is 6.13. The minimum Gasteiger partial charge on any atom is -0.480 e. The third-order valence-corrected chi connectivity index (χ3v) is 6.13. The highest BCUT2D eigenvalue weighted by Gasteiger charge is 2.32. The maximum Gasteiger partial charge on any atom is 0.325 e. The van der Waals surface area contributed by atoms with Gasteiger partial charge in [0.2, 0.25) is 6.79 Å². The van der Waals surface area contributed by atoms with E-state index in [1.807, 2.05) is 35.2 Å². The molecular weight excluding hydrogens is 424 g/mol. The summed E-state index contributed by atoms with van der Waals surface area (Å²) in [6, 6.07) is 12.6. The Morgan fingerprint density at radius 2 is 1.97 bits per heavy atom. The van der Waals surface area contributed by atoms with E-state index in [1.54, 1.807) is 18.3 Å². The van der Waals surface area contributed by atoms with Crippen LogP contribution < -0.4 is 14.2 Å². The van der Waals surface area contributed by atoms with E-state index in [4.69, 9.17) is 19.5 Å². The lowest BCUT2D eigenvalue weighted by molar-refractivity contribution is -0.144. The Morgan fingerprint density at radius 1 is 1.15 bits per heavy atom. The topological polar surface area (TPSA) is 111 Å². The van der Waals surface area contributed by atoms with Gasteiger partial charge in [-0.2, -0.15) is 5.26 Å². The van der Waals surface area contributed by atoms with E-state index < -0.39 is 12.0 Å². The molecule has 3 heterocycles. The number of nitrogens with one attached hydrogen (secondary N) is 1. The van der Waals surface area contributed by atoms with Gasteiger partial charge in [0.05, 0.1) is 0 Å². The Balaban J connectivity index is 1.29. The van der Waals surface area contributed by atoms with Crippen LogP contribution in [0.3, 0.4) is 0 Å². The molecule has 2 aliphatic rings. The molecule has 3 aromatic rings. The molecule has 0 bridgehead atoms. The number of carbonyl (C=O) groups is 1. The molecule has 2 aromatic carbocycles. The quantitative estimate of drug-likeness (QED) is 0.568. The molecule has 170 valence electrons. The number of aliphatic carboxylic acids is 1. The summed E-state index contributed by atoms with van der Waals surface area (Å²) < 4.78 is 16.3. The first kappa shape index (κ1) is 21.1. The minimum absolute atomic E-state index is 0.0566. The molecule has 5 rings (SSSR count). The fraction of sp³-hybridized carbons (Fsp3) is 0.333. The van der Waals surface area contributed by atoms with E-state index in [-0.39, 0.29) is 13.4 Å². The van der Waals surface area contributed by atoms with Gasteiger partial charge in [-0.25, -0.2) is 0 Å². The van der Waals surface area contributed by atoms with Crippen LogP contribution in [0.5, 0.6) is 17.2 Å². The number of hydrogen-bond donors (Lipinski definition) is 2. The molecule has 33 heavy (non-hydrogen) atoms. The summed E-state index contributed by atoms with van der Waals surface area (Å²) in [5.41, 5.74) is 2.68. The molecule has 1 fully saturated rings. The van der Waals surface area contributed by atoms with Crippen LogP contribution in [0, 0.1) is 11.3 Å². The van der Waals surface area contributed by atoms with Gasteiger partial charge in [-0.1, -0.05) is 6.07 Å². The van der Waals surface area contributed by atoms with Crippen molar-refractivity contribution in [3.8, 4) is 23.3 Å². The van der Waals surface area contributed by atoms with Crippen molar-refractivity contribution in [3.05, 3.63) is 53.7 Å². The summed E-state index contributed by atoms with van der Waals surface area (Å²) in [4.78, 5) is 19.8. The molecule has 1 aromatic heterocycles.